The van der Waals surface area contributed by atoms with Gasteiger partial charge in [0, 0.05) is 12.7 Å². The Hall–Kier alpha value is -1.83. The predicted molar refractivity (Wildman–Crippen MR) is 74.7 cm³/mol. The summed E-state index contributed by atoms with van der Waals surface area (Å²) in [5.41, 5.74) is 5.02. The fraction of sp³-hybridized carbons (Fsp3) is 0.312. The van der Waals surface area contributed by atoms with E-state index >= 15 is 0 Å². The van der Waals surface area contributed by atoms with Crippen molar-refractivity contribution in [1.82, 2.24) is 4.98 Å². The molecule has 3 rings (SSSR count). The van der Waals surface area contributed by atoms with Crippen LogP contribution in [0.4, 0.5) is 5.69 Å². The van der Waals surface area contributed by atoms with E-state index in [1.807, 2.05) is 19.2 Å². The largest absolute Gasteiger partial charge is 0.380 e. The lowest BCUT2D eigenvalue weighted by molar-refractivity contribution is 1.07. The molecule has 0 radical (unpaired) electrons. The highest BCUT2D eigenvalue weighted by Crippen LogP contribution is 2.40. The fourth-order valence-electron chi connectivity index (χ4n) is 2.24. The predicted octanol–water partition coefficient (Wildman–Crippen LogP) is 3.88. The highest BCUT2D eigenvalue weighted by atomic mass is 14.9. The highest BCUT2D eigenvalue weighted by Gasteiger charge is 2.23. The number of aromatic nitrogens is 1. The van der Waals surface area contributed by atoms with Gasteiger partial charge in [-0.2, -0.15) is 0 Å². The zero-order valence-electron chi connectivity index (χ0n) is 10.7. The van der Waals surface area contributed by atoms with Gasteiger partial charge in [-0.3, -0.25) is 4.98 Å². The Labute approximate surface area is 108 Å². The smallest absolute Gasteiger partial charge is 0.0603 e. The van der Waals surface area contributed by atoms with Crippen molar-refractivity contribution in [2.45, 2.75) is 32.2 Å². The average molecular weight is 238 g/mol. The number of nitrogens with zero attached hydrogens (tertiary/aromatic N) is 1. The van der Waals surface area contributed by atoms with Crippen LogP contribution in [0.1, 0.15) is 35.6 Å². The Balaban J connectivity index is 1.69. The second-order valence-corrected chi connectivity index (χ2v) is 5.01. The normalized spacial score (nSPS) is 14.5. The van der Waals surface area contributed by atoms with Gasteiger partial charge in [-0.1, -0.05) is 24.3 Å². The number of hydrogen-bond donors (Lipinski definition) is 1. The molecule has 2 nitrogen and oxygen atoms in total. The van der Waals surface area contributed by atoms with E-state index in [-0.39, 0.29) is 0 Å². The topological polar surface area (TPSA) is 24.9 Å². The van der Waals surface area contributed by atoms with E-state index in [2.05, 4.69) is 40.6 Å². The summed E-state index contributed by atoms with van der Waals surface area (Å²) in [7, 11) is 0. The van der Waals surface area contributed by atoms with Gasteiger partial charge < -0.3 is 5.32 Å². The van der Waals surface area contributed by atoms with Crippen LogP contribution in [-0.2, 0) is 6.54 Å². The first-order valence-electron chi connectivity index (χ1n) is 6.57. The van der Waals surface area contributed by atoms with Gasteiger partial charge in [-0.25, -0.2) is 0 Å². The molecule has 1 saturated carbocycles. The lowest BCUT2D eigenvalue weighted by atomic mass is 10.1. The van der Waals surface area contributed by atoms with E-state index < -0.39 is 0 Å². The third-order valence-electron chi connectivity index (χ3n) is 3.49. The van der Waals surface area contributed by atoms with Crippen molar-refractivity contribution in [3.8, 4) is 0 Å². The van der Waals surface area contributed by atoms with E-state index in [0.29, 0.717) is 0 Å². The number of aryl methyl sites for hydroxylation is 1. The van der Waals surface area contributed by atoms with Gasteiger partial charge in [0.05, 0.1) is 11.4 Å². The van der Waals surface area contributed by atoms with E-state index in [1.54, 1.807) is 0 Å². The maximum absolute atomic E-state index is 4.28. The first-order chi connectivity index (χ1) is 8.83. The van der Waals surface area contributed by atoms with Crippen molar-refractivity contribution in [3.05, 3.63) is 59.4 Å². The molecule has 0 aliphatic heterocycles. The third-order valence-corrected chi connectivity index (χ3v) is 3.49. The maximum Gasteiger partial charge on any atom is 0.0603 e. The molecule has 0 amide bonds. The van der Waals surface area contributed by atoms with Crippen LogP contribution in [0, 0.1) is 6.92 Å². The van der Waals surface area contributed by atoms with Crippen LogP contribution in [-0.4, -0.2) is 4.98 Å². The summed E-state index contributed by atoms with van der Waals surface area (Å²) < 4.78 is 0. The number of nitrogens with one attached hydrogen (secondary N) is 1. The van der Waals surface area contributed by atoms with Gasteiger partial charge >= 0.3 is 0 Å². The molecule has 0 saturated heterocycles. The molecule has 1 fully saturated rings. The molecule has 1 aliphatic carbocycles. The summed E-state index contributed by atoms with van der Waals surface area (Å²) in [6.07, 6.45) is 4.55. The minimum atomic E-state index is 0.824. The SMILES string of the molecule is Cc1ncccc1NCc1cccc(C2CC2)c1. The van der Waals surface area contributed by atoms with Crippen LogP contribution in [0.25, 0.3) is 0 Å². The molecule has 2 aromatic rings. The molecule has 0 spiro atoms. The number of benzene rings is 1. The van der Waals surface area contributed by atoms with Crippen LogP contribution in [0.5, 0.6) is 0 Å². The zero-order valence-corrected chi connectivity index (χ0v) is 10.7. The molecular weight excluding hydrogens is 220 g/mol. The average Bonchev–Trinajstić information content (AvgIpc) is 3.23. The Kier molecular flexibility index (Phi) is 3.01. The summed E-state index contributed by atoms with van der Waals surface area (Å²) in [6.45, 7) is 2.90. The first kappa shape index (κ1) is 11.3. The number of rotatable bonds is 4. The fourth-order valence-corrected chi connectivity index (χ4v) is 2.24. The van der Waals surface area contributed by atoms with Crippen molar-refractivity contribution in [2.75, 3.05) is 5.32 Å². The van der Waals surface area contributed by atoms with Gasteiger partial charge in [0.25, 0.3) is 0 Å². The van der Waals surface area contributed by atoms with E-state index in [0.717, 1.165) is 23.8 Å². The van der Waals surface area contributed by atoms with Crippen LogP contribution >= 0.6 is 0 Å². The van der Waals surface area contributed by atoms with Gasteiger partial charge in [-0.05, 0) is 48.9 Å². The standard InChI is InChI=1S/C16H18N2/c1-12-16(6-3-9-17-12)18-11-13-4-2-5-15(10-13)14-7-8-14/h2-6,9-10,14,18H,7-8,11H2,1H3. The van der Waals surface area contributed by atoms with Crippen LogP contribution in [0.3, 0.4) is 0 Å². The molecule has 1 N–H and O–H groups in total. The number of pyridine rings is 1. The molecule has 18 heavy (non-hydrogen) atoms. The second-order valence-electron chi connectivity index (χ2n) is 5.01. The zero-order chi connectivity index (χ0) is 12.4. The van der Waals surface area contributed by atoms with Gasteiger partial charge in [0.1, 0.15) is 0 Å². The summed E-state index contributed by atoms with van der Waals surface area (Å²) in [4.78, 5) is 4.28. The Bertz CT molecular complexity index is 544. The molecule has 1 aromatic heterocycles. The van der Waals surface area contributed by atoms with Gasteiger partial charge in [0.15, 0.2) is 0 Å². The van der Waals surface area contributed by atoms with Gasteiger partial charge in [0.2, 0.25) is 0 Å². The van der Waals surface area contributed by atoms with Crippen LogP contribution in [0.2, 0.25) is 0 Å². The van der Waals surface area contributed by atoms with Crippen molar-refractivity contribution in [1.29, 1.82) is 0 Å². The lowest BCUT2D eigenvalue weighted by Gasteiger charge is -2.09. The molecule has 1 heterocycles. The molecule has 1 aliphatic rings. The summed E-state index contributed by atoms with van der Waals surface area (Å²) in [6, 6.07) is 13.0. The maximum atomic E-state index is 4.28. The summed E-state index contributed by atoms with van der Waals surface area (Å²) in [5.74, 6) is 0.824. The third kappa shape index (κ3) is 2.53. The van der Waals surface area contributed by atoms with Crippen molar-refractivity contribution in [2.24, 2.45) is 0 Å². The molecule has 0 bridgehead atoms. The summed E-state index contributed by atoms with van der Waals surface area (Å²) in [5, 5.41) is 3.45. The number of hydrogen-bond acceptors (Lipinski definition) is 2. The molecule has 0 atom stereocenters. The van der Waals surface area contributed by atoms with Crippen LogP contribution in [0.15, 0.2) is 42.6 Å². The molecule has 1 aromatic carbocycles. The quantitative estimate of drug-likeness (QED) is 0.874. The van der Waals surface area contributed by atoms with E-state index in [4.69, 9.17) is 0 Å². The minimum absolute atomic E-state index is 0.824. The van der Waals surface area contributed by atoms with E-state index in [9.17, 15) is 0 Å². The monoisotopic (exact) mass is 238 g/mol. The minimum Gasteiger partial charge on any atom is -0.380 e. The lowest BCUT2D eigenvalue weighted by Crippen LogP contribution is -2.02. The van der Waals surface area contributed by atoms with Crippen molar-refractivity contribution in [3.63, 3.8) is 0 Å². The van der Waals surface area contributed by atoms with Gasteiger partial charge in [-0.15, -0.1) is 0 Å². The first-order valence-corrected chi connectivity index (χ1v) is 6.57. The summed E-state index contributed by atoms with van der Waals surface area (Å²) >= 11 is 0. The highest BCUT2D eigenvalue weighted by molar-refractivity contribution is 5.47. The van der Waals surface area contributed by atoms with Crippen molar-refractivity contribution < 1.29 is 0 Å². The Morgan fingerprint density at radius 3 is 2.89 bits per heavy atom. The molecule has 0 unspecified atom stereocenters. The molecule has 92 valence electrons. The Morgan fingerprint density at radius 2 is 2.11 bits per heavy atom. The van der Waals surface area contributed by atoms with Crippen molar-refractivity contribution >= 4 is 5.69 Å². The molecular formula is C16H18N2. The Morgan fingerprint density at radius 1 is 1.22 bits per heavy atom. The van der Waals surface area contributed by atoms with Crippen LogP contribution < -0.4 is 5.32 Å². The number of anilines is 1. The van der Waals surface area contributed by atoms with E-state index in [1.165, 1.54) is 24.0 Å². The molecule has 2 heteroatoms. The second kappa shape index (κ2) is 4.81.